The maximum Gasteiger partial charge on any atom is 0.227 e. The van der Waals surface area contributed by atoms with Gasteiger partial charge >= 0.3 is 0 Å². The largest absolute Gasteiger partial charge is 0.357 e. The number of aliphatic imine (C=N–C) groups is 1. The molecular formula is C24H33N5O. The number of anilines is 1. The lowest BCUT2D eigenvalue weighted by Gasteiger charge is -2.16. The summed E-state index contributed by atoms with van der Waals surface area (Å²) in [6, 6.07) is 16.8. The monoisotopic (exact) mass is 407 g/mol. The molecule has 160 valence electrons. The van der Waals surface area contributed by atoms with Gasteiger partial charge in [-0.3, -0.25) is 4.79 Å². The summed E-state index contributed by atoms with van der Waals surface area (Å²) in [5.41, 5.74) is 4.64. The van der Waals surface area contributed by atoms with Gasteiger partial charge in [0.25, 0.3) is 0 Å². The average Bonchev–Trinajstić information content (AvgIpc) is 3.16. The topological polar surface area (TPSA) is 60.0 Å². The maximum atomic E-state index is 11.9. The average molecular weight is 408 g/mol. The van der Waals surface area contributed by atoms with Gasteiger partial charge in [-0.05, 0) is 56.3 Å². The van der Waals surface area contributed by atoms with Crippen molar-refractivity contribution in [1.29, 1.82) is 0 Å². The van der Waals surface area contributed by atoms with E-state index in [0.29, 0.717) is 19.5 Å². The summed E-state index contributed by atoms with van der Waals surface area (Å²) < 4.78 is 0. The Morgan fingerprint density at radius 1 is 1.07 bits per heavy atom. The molecule has 2 aromatic carbocycles. The molecule has 1 aliphatic heterocycles. The SMILES string of the molecule is CCNC(=NCc1cccc(CN(C)C)c1)NCc1ccc(N2CCCC2=O)cc1. The summed E-state index contributed by atoms with van der Waals surface area (Å²) in [5, 5.41) is 6.71. The van der Waals surface area contributed by atoms with Crippen LogP contribution in [0.25, 0.3) is 0 Å². The Morgan fingerprint density at radius 3 is 2.50 bits per heavy atom. The zero-order chi connectivity index (χ0) is 21.3. The van der Waals surface area contributed by atoms with Crippen LogP contribution in [0.2, 0.25) is 0 Å². The minimum atomic E-state index is 0.220. The Labute approximate surface area is 180 Å². The van der Waals surface area contributed by atoms with Crippen LogP contribution in [0.1, 0.15) is 36.5 Å². The smallest absolute Gasteiger partial charge is 0.227 e. The highest BCUT2D eigenvalue weighted by atomic mass is 16.2. The second-order valence-electron chi connectivity index (χ2n) is 7.92. The molecule has 0 aliphatic carbocycles. The molecule has 6 nitrogen and oxygen atoms in total. The van der Waals surface area contributed by atoms with Gasteiger partial charge in [0.15, 0.2) is 5.96 Å². The Kier molecular flexibility index (Phi) is 7.85. The van der Waals surface area contributed by atoms with Gasteiger partial charge in [0.05, 0.1) is 6.54 Å². The molecule has 0 bridgehead atoms. The number of guanidine groups is 1. The lowest BCUT2D eigenvalue weighted by molar-refractivity contribution is -0.117. The van der Waals surface area contributed by atoms with Crippen LogP contribution in [0.3, 0.4) is 0 Å². The van der Waals surface area contributed by atoms with Crippen LogP contribution in [-0.4, -0.2) is 44.0 Å². The van der Waals surface area contributed by atoms with Crippen LogP contribution < -0.4 is 15.5 Å². The normalized spacial score (nSPS) is 14.5. The van der Waals surface area contributed by atoms with Crippen molar-refractivity contribution < 1.29 is 4.79 Å². The van der Waals surface area contributed by atoms with Crippen molar-refractivity contribution in [2.75, 3.05) is 32.1 Å². The van der Waals surface area contributed by atoms with Crippen molar-refractivity contribution in [1.82, 2.24) is 15.5 Å². The Balaban J connectivity index is 1.58. The van der Waals surface area contributed by atoms with E-state index in [4.69, 9.17) is 4.99 Å². The fraction of sp³-hybridized carbons (Fsp3) is 0.417. The van der Waals surface area contributed by atoms with E-state index < -0.39 is 0 Å². The van der Waals surface area contributed by atoms with E-state index in [1.54, 1.807) is 0 Å². The van der Waals surface area contributed by atoms with Crippen molar-refractivity contribution in [3.63, 3.8) is 0 Å². The third-order valence-corrected chi connectivity index (χ3v) is 5.04. The molecule has 6 heteroatoms. The highest BCUT2D eigenvalue weighted by molar-refractivity contribution is 5.95. The third kappa shape index (κ3) is 6.32. The van der Waals surface area contributed by atoms with Gasteiger partial charge in [0, 0.05) is 38.3 Å². The second kappa shape index (κ2) is 10.8. The number of hydrogen-bond donors (Lipinski definition) is 2. The van der Waals surface area contributed by atoms with Crippen LogP contribution in [0.15, 0.2) is 53.5 Å². The van der Waals surface area contributed by atoms with Crippen molar-refractivity contribution in [3.8, 4) is 0 Å². The summed E-state index contributed by atoms with van der Waals surface area (Å²) in [4.78, 5) is 20.7. The Hall–Kier alpha value is -2.86. The van der Waals surface area contributed by atoms with Gasteiger partial charge in [-0.2, -0.15) is 0 Å². The molecule has 0 atom stereocenters. The fourth-order valence-electron chi connectivity index (χ4n) is 3.60. The van der Waals surface area contributed by atoms with E-state index in [2.05, 4.69) is 73.0 Å². The molecule has 1 saturated heterocycles. The minimum Gasteiger partial charge on any atom is -0.357 e. The predicted octanol–water partition coefficient (Wildman–Crippen LogP) is 3.13. The van der Waals surface area contributed by atoms with Crippen LogP contribution in [-0.2, 0) is 24.4 Å². The molecule has 2 N–H and O–H groups in total. The summed E-state index contributed by atoms with van der Waals surface area (Å²) >= 11 is 0. The molecule has 0 spiro atoms. The number of hydrogen-bond acceptors (Lipinski definition) is 3. The van der Waals surface area contributed by atoms with Gasteiger partial charge < -0.3 is 20.4 Å². The van der Waals surface area contributed by atoms with Crippen LogP contribution in [0.4, 0.5) is 5.69 Å². The van der Waals surface area contributed by atoms with Gasteiger partial charge in [-0.25, -0.2) is 4.99 Å². The quantitative estimate of drug-likeness (QED) is 0.521. The minimum absolute atomic E-state index is 0.220. The number of benzene rings is 2. The summed E-state index contributed by atoms with van der Waals surface area (Å²) in [6.45, 7) is 5.94. The first kappa shape index (κ1) is 21.8. The molecule has 0 saturated carbocycles. The predicted molar refractivity (Wildman–Crippen MR) is 124 cm³/mol. The van der Waals surface area contributed by atoms with E-state index in [0.717, 1.165) is 43.3 Å². The van der Waals surface area contributed by atoms with E-state index in [-0.39, 0.29) is 5.91 Å². The molecule has 0 unspecified atom stereocenters. The van der Waals surface area contributed by atoms with Crippen LogP contribution in [0.5, 0.6) is 0 Å². The summed E-state index contributed by atoms with van der Waals surface area (Å²) in [6.07, 6.45) is 1.60. The molecule has 30 heavy (non-hydrogen) atoms. The third-order valence-electron chi connectivity index (χ3n) is 5.04. The van der Waals surface area contributed by atoms with E-state index in [1.165, 1.54) is 11.1 Å². The summed E-state index contributed by atoms with van der Waals surface area (Å²) in [5.74, 6) is 1.02. The standard InChI is InChI=1S/C24H33N5O/c1-4-25-24(27-17-20-7-5-8-21(15-20)18-28(2)3)26-16-19-10-12-22(13-11-19)29-14-6-9-23(29)30/h5,7-8,10-13,15H,4,6,9,14,16-18H2,1-3H3,(H2,25,26,27). The van der Waals surface area contributed by atoms with Gasteiger partial charge in [0.1, 0.15) is 0 Å². The number of carbonyl (C=O) groups excluding carboxylic acids is 1. The molecule has 1 heterocycles. The Morgan fingerprint density at radius 2 is 1.83 bits per heavy atom. The summed E-state index contributed by atoms with van der Waals surface area (Å²) in [7, 11) is 4.15. The number of rotatable bonds is 8. The lowest BCUT2D eigenvalue weighted by Crippen LogP contribution is -2.36. The second-order valence-corrected chi connectivity index (χ2v) is 7.92. The molecular weight excluding hydrogens is 374 g/mol. The molecule has 1 aliphatic rings. The molecule has 0 radical (unpaired) electrons. The maximum absolute atomic E-state index is 11.9. The highest BCUT2D eigenvalue weighted by Crippen LogP contribution is 2.21. The van der Waals surface area contributed by atoms with E-state index in [1.807, 2.05) is 17.0 Å². The zero-order valence-corrected chi connectivity index (χ0v) is 18.3. The number of nitrogens with zero attached hydrogens (tertiary/aromatic N) is 3. The molecule has 0 aromatic heterocycles. The van der Waals surface area contributed by atoms with Crippen molar-refractivity contribution >= 4 is 17.6 Å². The van der Waals surface area contributed by atoms with Gasteiger partial charge in [-0.15, -0.1) is 0 Å². The molecule has 3 rings (SSSR count). The lowest BCUT2D eigenvalue weighted by atomic mass is 10.1. The van der Waals surface area contributed by atoms with Crippen molar-refractivity contribution in [2.45, 2.75) is 39.4 Å². The fourth-order valence-corrected chi connectivity index (χ4v) is 3.60. The highest BCUT2D eigenvalue weighted by Gasteiger charge is 2.21. The van der Waals surface area contributed by atoms with Crippen LogP contribution >= 0.6 is 0 Å². The number of amides is 1. The van der Waals surface area contributed by atoms with E-state index in [9.17, 15) is 4.79 Å². The molecule has 1 amide bonds. The van der Waals surface area contributed by atoms with Crippen molar-refractivity contribution in [2.24, 2.45) is 4.99 Å². The van der Waals surface area contributed by atoms with Gasteiger partial charge in [-0.1, -0.05) is 36.4 Å². The number of nitrogens with one attached hydrogen (secondary N) is 2. The van der Waals surface area contributed by atoms with E-state index >= 15 is 0 Å². The first-order valence-corrected chi connectivity index (χ1v) is 10.7. The van der Waals surface area contributed by atoms with Crippen LogP contribution in [0, 0.1) is 0 Å². The first-order valence-electron chi connectivity index (χ1n) is 10.7. The zero-order valence-electron chi connectivity index (χ0n) is 18.3. The molecule has 1 fully saturated rings. The number of carbonyl (C=O) groups is 1. The van der Waals surface area contributed by atoms with Gasteiger partial charge in [0.2, 0.25) is 5.91 Å². The van der Waals surface area contributed by atoms with Crippen molar-refractivity contribution in [3.05, 3.63) is 65.2 Å². The Bertz CT molecular complexity index is 860. The first-order chi connectivity index (χ1) is 14.5. The molecule has 2 aromatic rings.